The molecule has 0 bridgehead atoms. The maximum Gasteiger partial charge on any atom is 0.704 e. The minimum Gasteiger partial charge on any atom is -0.381 e. The smallest absolute Gasteiger partial charge is 0.381 e. The third kappa shape index (κ3) is 14.8. The molecule has 7 nitrogen and oxygen atoms in total. The van der Waals surface area contributed by atoms with Crippen LogP contribution in [0.5, 0.6) is 0 Å². The van der Waals surface area contributed by atoms with Crippen molar-refractivity contribution < 1.29 is 28.0 Å². The van der Waals surface area contributed by atoms with E-state index in [1.165, 1.54) is 0 Å². The predicted molar refractivity (Wildman–Crippen MR) is 82.0 cm³/mol. The first-order chi connectivity index (χ1) is 9.52. The van der Waals surface area contributed by atoms with E-state index in [9.17, 15) is 9.13 Å². The lowest BCUT2D eigenvalue weighted by molar-refractivity contribution is 0.114. The Morgan fingerprint density at radius 1 is 1.33 bits per heavy atom. The molecule has 3 unspecified atom stereocenters. The van der Waals surface area contributed by atoms with Crippen LogP contribution in [0, 0.1) is 11.3 Å². The predicted octanol–water partition coefficient (Wildman–Crippen LogP) is 3.21. The molecule has 0 saturated carbocycles. The van der Waals surface area contributed by atoms with Gasteiger partial charge in [-0.15, -0.1) is 4.89 Å². The summed E-state index contributed by atoms with van der Waals surface area (Å²) in [5, 5.41) is 2.19. The molecule has 0 aliphatic carbocycles. The van der Waals surface area contributed by atoms with Gasteiger partial charge in [0.2, 0.25) is 0 Å². The molecule has 0 radical (unpaired) electrons. The van der Waals surface area contributed by atoms with E-state index >= 15 is 0 Å². The first-order valence-corrected chi connectivity index (χ1v) is 9.74. The fourth-order valence-corrected chi connectivity index (χ4v) is 3.48. The summed E-state index contributed by atoms with van der Waals surface area (Å²) in [6.45, 7) is 10.1. The Labute approximate surface area is 128 Å². The highest BCUT2D eigenvalue weighted by atomic mass is 31.2. The standard InChI is InChI=1S/C12H27NO6P2/c1-11(10-12(2,3)4)6-9-18-8-5-7-13-21(16,17)19-20(14)15/h11H,5-10H2,1-4H3,(H2-,13,14,15,16,17)/p+1. The SMILES string of the molecule is CC(CCOCCCNP(=O)(O)O[P+](=O)O)CC(C)(C)C. The summed E-state index contributed by atoms with van der Waals surface area (Å²) in [5.41, 5.74) is 0.319. The zero-order chi connectivity index (χ0) is 16.5. The van der Waals surface area contributed by atoms with Gasteiger partial charge >= 0.3 is 16.0 Å². The molecule has 0 saturated heterocycles. The highest BCUT2D eigenvalue weighted by molar-refractivity contribution is 7.58. The van der Waals surface area contributed by atoms with Crippen LogP contribution in [0.25, 0.3) is 0 Å². The summed E-state index contributed by atoms with van der Waals surface area (Å²) in [4.78, 5) is 17.5. The molecule has 3 atom stereocenters. The van der Waals surface area contributed by atoms with Crippen LogP contribution in [-0.4, -0.2) is 29.5 Å². The van der Waals surface area contributed by atoms with Gasteiger partial charge in [-0.05, 0) is 34.9 Å². The minimum atomic E-state index is -4.18. The van der Waals surface area contributed by atoms with Gasteiger partial charge in [-0.25, -0.2) is 9.65 Å². The second-order valence-electron chi connectivity index (χ2n) is 6.37. The van der Waals surface area contributed by atoms with Crippen LogP contribution >= 0.6 is 16.0 Å². The van der Waals surface area contributed by atoms with Crippen molar-refractivity contribution in [3.05, 3.63) is 0 Å². The topological polar surface area (TPSA) is 105 Å². The van der Waals surface area contributed by atoms with Crippen LogP contribution in [0.3, 0.4) is 0 Å². The summed E-state index contributed by atoms with van der Waals surface area (Å²) >= 11 is 0. The van der Waals surface area contributed by atoms with Gasteiger partial charge in [0.05, 0.1) is 0 Å². The van der Waals surface area contributed by atoms with Gasteiger partial charge in [0, 0.05) is 24.3 Å². The third-order valence-corrected chi connectivity index (χ3v) is 4.74. The fraction of sp³-hybridized carbons (Fsp3) is 1.00. The molecule has 0 amide bonds. The van der Waals surface area contributed by atoms with Crippen molar-refractivity contribution in [1.82, 2.24) is 5.09 Å². The molecule has 21 heavy (non-hydrogen) atoms. The van der Waals surface area contributed by atoms with Crippen LogP contribution < -0.4 is 5.09 Å². The Morgan fingerprint density at radius 2 is 1.95 bits per heavy atom. The van der Waals surface area contributed by atoms with Gasteiger partial charge in [0.15, 0.2) is 0 Å². The minimum absolute atomic E-state index is 0.175. The van der Waals surface area contributed by atoms with E-state index < -0.39 is 16.0 Å². The summed E-state index contributed by atoms with van der Waals surface area (Å²) in [6, 6.07) is 0. The molecule has 0 aromatic rings. The molecule has 0 fully saturated rings. The maximum atomic E-state index is 11.2. The van der Waals surface area contributed by atoms with E-state index in [4.69, 9.17) is 14.5 Å². The van der Waals surface area contributed by atoms with E-state index in [0.717, 1.165) is 12.8 Å². The average molecular weight is 344 g/mol. The Kier molecular flexibility index (Phi) is 10.1. The average Bonchev–Trinajstić information content (AvgIpc) is 2.23. The van der Waals surface area contributed by atoms with Crippen molar-refractivity contribution in [1.29, 1.82) is 0 Å². The monoisotopic (exact) mass is 344 g/mol. The molecule has 126 valence electrons. The van der Waals surface area contributed by atoms with Crippen LogP contribution in [0.2, 0.25) is 0 Å². The highest BCUT2D eigenvalue weighted by Gasteiger charge is 2.31. The van der Waals surface area contributed by atoms with Gasteiger partial charge in [-0.2, -0.15) is 0 Å². The van der Waals surface area contributed by atoms with Gasteiger partial charge < -0.3 is 9.63 Å². The second-order valence-corrected chi connectivity index (χ2v) is 8.86. The summed E-state index contributed by atoms with van der Waals surface area (Å²) in [5.74, 6) is 0.593. The third-order valence-electron chi connectivity index (χ3n) is 2.67. The Hall–Kier alpha value is 0.130. The molecule has 9 heteroatoms. The fourth-order valence-electron chi connectivity index (χ4n) is 2.05. The molecule has 0 aromatic heterocycles. The zero-order valence-electron chi connectivity index (χ0n) is 13.2. The van der Waals surface area contributed by atoms with E-state index in [2.05, 4.69) is 37.1 Å². The van der Waals surface area contributed by atoms with Crippen molar-refractivity contribution in [3.8, 4) is 0 Å². The van der Waals surface area contributed by atoms with Crippen molar-refractivity contribution >= 4 is 16.0 Å². The summed E-state index contributed by atoms with van der Waals surface area (Å²) < 4.78 is 30.9. The van der Waals surface area contributed by atoms with Gasteiger partial charge in [-0.1, -0.05) is 27.7 Å². The van der Waals surface area contributed by atoms with Crippen LogP contribution in [0.15, 0.2) is 0 Å². The van der Waals surface area contributed by atoms with E-state index in [0.29, 0.717) is 31.0 Å². The number of ether oxygens (including phenoxy) is 1. The van der Waals surface area contributed by atoms with Crippen LogP contribution in [0.4, 0.5) is 0 Å². The van der Waals surface area contributed by atoms with E-state index in [1.807, 2.05) is 0 Å². The molecule has 0 spiro atoms. The number of rotatable bonds is 11. The molecule has 0 heterocycles. The molecular formula is C12H28NO6P2+. The summed E-state index contributed by atoms with van der Waals surface area (Å²) in [6.07, 6.45) is 2.64. The quantitative estimate of drug-likeness (QED) is 0.390. The lowest BCUT2D eigenvalue weighted by Crippen LogP contribution is -2.15. The van der Waals surface area contributed by atoms with E-state index in [-0.39, 0.29) is 6.54 Å². The van der Waals surface area contributed by atoms with Crippen LogP contribution in [-0.2, 0) is 18.2 Å². The Bertz CT molecular complexity index is 358. The molecule has 3 N–H and O–H groups in total. The van der Waals surface area contributed by atoms with Gasteiger partial charge in [-0.3, -0.25) is 0 Å². The summed E-state index contributed by atoms with van der Waals surface area (Å²) in [7, 11) is -7.28. The molecule has 0 aromatic carbocycles. The Morgan fingerprint density at radius 3 is 2.48 bits per heavy atom. The molecule has 0 rings (SSSR count). The zero-order valence-corrected chi connectivity index (χ0v) is 15.0. The van der Waals surface area contributed by atoms with Gasteiger partial charge in [0.25, 0.3) is 0 Å². The second kappa shape index (κ2) is 10.0. The van der Waals surface area contributed by atoms with Crippen molar-refractivity contribution in [2.75, 3.05) is 19.8 Å². The highest BCUT2D eigenvalue weighted by Crippen LogP contribution is 2.45. The van der Waals surface area contributed by atoms with Crippen molar-refractivity contribution in [2.45, 2.75) is 47.0 Å². The Balaban J connectivity index is 3.57. The van der Waals surface area contributed by atoms with Gasteiger partial charge in [0.1, 0.15) is 0 Å². The number of hydrogen-bond acceptors (Lipinski definition) is 4. The van der Waals surface area contributed by atoms with E-state index in [1.54, 1.807) is 0 Å². The molecule has 0 aliphatic heterocycles. The molecular weight excluding hydrogens is 316 g/mol. The maximum absolute atomic E-state index is 11.2. The first kappa shape index (κ1) is 21.1. The van der Waals surface area contributed by atoms with Crippen molar-refractivity contribution in [2.24, 2.45) is 11.3 Å². The largest absolute Gasteiger partial charge is 0.704 e. The number of nitrogens with one attached hydrogen (secondary N) is 1. The normalized spacial score (nSPS) is 17.3. The number of hydrogen-bond donors (Lipinski definition) is 3. The lowest BCUT2D eigenvalue weighted by Gasteiger charge is -2.23. The lowest BCUT2D eigenvalue weighted by atomic mass is 9.84. The van der Waals surface area contributed by atoms with Crippen LogP contribution in [0.1, 0.15) is 47.0 Å². The first-order valence-electron chi connectivity index (χ1n) is 7.03. The van der Waals surface area contributed by atoms with Crippen molar-refractivity contribution in [3.63, 3.8) is 0 Å². The molecule has 0 aliphatic rings.